The molecule has 0 unspecified atom stereocenters. The van der Waals surface area contributed by atoms with Crippen molar-refractivity contribution in [3.8, 4) is 0 Å². The third kappa shape index (κ3) is 2.47. The van der Waals surface area contributed by atoms with Crippen LogP contribution < -0.4 is 10.5 Å². The minimum atomic E-state index is -3.55. The number of aromatic nitrogens is 1. The highest BCUT2D eigenvalue weighted by atomic mass is 32.2. The SMILES string of the molecule is NC1CC(NS(=O)(=O)c2ccc3ccccc3n2)C1. The van der Waals surface area contributed by atoms with Crippen molar-refractivity contribution in [1.29, 1.82) is 0 Å². The molecule has 1 saturated carbocycles. The van der Waals surface area contributed by atoms with E-state index in [1.165, 1.54) is 6.07 Å². The lowest BCUT2D eigenvalue weighted by atomic mass is 9.89. The Morgan fingerprint density at radius 1 is 1.16 bits per heavy atom. The van der Waals surface area contributed by atoms with E-state index in [1.54, 1.807) is 12.1 Å². The number of sulfonamides is 1. The molecule has 1 fully saturated rings. The van der Waals surface area contributed by atoms with Gasteiger partial charge in [-0.1, -0.05) is 18.2 Å². The van der Waals surface area contributed by atoms with Crippen LogP contribution in [-0.4, -0.2) is 25.5 Å². The maximum atomic E-state index is 12.2. The van der Waals surface area contributed by atoms with Gasteiger partial charge in [0.2, 0.25) is 0 Å². The zero-order valence-electron chi connectivity index (χ0n) is 10.3. The first-order valence-corrected chi connectivity index (χ1v) is 7.66. The Hall–Kier alpha value is -1.50. The highest BCUT2D eigenvalue weighted by Gasteiger charge is 2.30. The molecular weight excluding hydrogens is 262 g/mol. The molecule has 1 aliphatic rings. The van der Waals surface area contributed by atoms with E-state index in [2.05, 4.69) is 9.71 Å². The minimum Gasteiger partial charge on any atom is -0.328 e. The van der Waals surface area contributed by atoms with Gasteiger partial charge in [-0.25, -0.2) is 18.1 Å². The van der Waals surface area contributed by atoms with Gasteiger partial charge < -0.3 is 5.73 Å². The van der Waals surface area contributed by atoms with Crippen LogP contribution in [0.1, 0.15) is 12.8 Å². The van der Waals surface area contributed by atoms with Crippen molar-refractivity contribution in [1.82, 2.24) is 9.71 Å². The molecule has 1 aromatic heterocycles. The van der Waals surface area contributed by atoms with E-state index in [0.717, 1.165) is 5.39 Å². The smallest absolute Gasteiger partial charge is 0.258 e. The van der Waals surface area contributed by atoms with Crippen molar-refractivity contribution in [3.63, 3.8) is 0 Å². The van der Waals surface area contributed by atoms with Crippen LogP contribution in [0.25, 0.3) is 10.9 Å². The largest absolute Gasteiger partial charge is 0.328 e. The number of benzene rings is 1. The summed E-state index contributed by atoms with van der Waals surface area (Å²) in [6, 6.07) is 10.8. The number of pyridine rings is 1. The van der Waals surface area contributed by atoms with Crippen molar-refractivity contribution in [2.45, 2.75) is 30.0 Å². The number of nitrogens with two attached hydrogens (primary N) is 1. The summed E-state index contributed by atoms with van der Waals surface area (Å²) in [6.07, 6.45) is 1.37. The zero-order chi connectivity index (χ0) is 13.5. The van der Waals surface area contributed by atoms with Gasteiger partial charge in [0.1, 0.15) is 0 Å². The predicted molar refractivity (Wildman–Crippen MR) is 73.1 cm³/mol. The van der Waals surface area contributed by atoms with Crippen molar-refractivity contribution >= 4 is 20.9 Å². The summed E-state index contributed by atoms with van der Waals surface area (Å²) in [6.45, 7) is 0. The van der Waals surface area contributed by atoms with Crippen LogP contribution in [0, 0.1) is 0 Å². The monoisotopic (exact) mass is 277 g/mol. The van der Waals surface area contributed by atoms with Gasteiger partial charge in [-0.3, -0.25) is 0 Å². The average molecular weight is 277 g/mol. The number of para-hydroxylation sites is 1. The van der Waals surface area contributed by atoms with Gasteiger partial charge >= 0.3 is 0 Å². The third-order valence-electron chi connectivity index (χ3n) is 3.34. The fraction of sp³-hybridized carbons (Fsp3) is 0.308. The van der Waals surface area contributed by atoms with E-state index in [4.69, 9.17) is 5.73 Å². The highest BCUT2D eigenvalue weighted by Crippen LogP contribution is 2.21. The molecule has 1 aliphatic carbocycles. The molecule has 1 aromatic carbocycles. The molecule has 0 atom stereocenters. The standard InChI is InChI=1S/C13H15N3O2S/c14-10-7-11(8-10)16-19(17,18)13-6-5-9-3-1-2-4-12(9)15-13/h1-6,10-11,16H,7-8,14H2. The molecule has 100 valence electrons. The highest BCUT2D eigenvalue weighted by molar-refractivity contribution is 7.89. The van der Waals surface area contributed by atoms with E-state index in [-0.39, 0.29) is 17.1 Å². The summed E-state index contributed by atoms with van der Waals surface area (Å²) >= 11 is 0. The first kappa shape index (κ1) is 12.5. The van der Waals surface area contributed by atoms with Crippen molar-refractivity contribution in [3.05, 3.63) is 36.4 Å². The molecule has 6 heteroatoms. The molecule has 5 nitrogen and oxygen atoms in total. The molecule has 0 spiro atoms. The fourth-order valence-corrected chi connectivity index (χ4v) is 3.45. The molecule has 0 amide bonds. The molecule has 0 radical (unpaired) electrons. The number of nitrogens with one attached hydrogen (secondary N) is 1. The number of rotatable bonds is 3. The topological polar surface area (TPSA) is 85.1 Å². The van der Waals surface area contributed by atoms with Crippen LogP contribution in [0.4, 0.5) is 0 Å². The number of hydrogen-bond acceptors (Lipinski definition) is 4. The van der Waals surface area contributed by atoms with Crippen LogP contribution in [0.2, 0.25) is 0 Å². The molecule has 1 heterocycles. The molecule has 3 N–H and O–H groups in total. The minimum absolute atomic E-state index is 0.0617. The van der Waals surface area contributed by atoms with Crippen molar-refractivity contribution in [2.75, 3.05) is 0 Å². The van der Waals surface area contributed by atoms with E-state index in [1.807, 2.05) is 18.2 Å². The third-order valence-corrected chi connectivity index (χ3v) is 4.77. The van der Waals surface area contributed by atoms with Gasteiger partial charge in [-0.05, 0) is 31.0 Å². The van der Waals surface area contributed by atoms with Crippen molar-refractivity contribution < 1.29 is 8.42 Å². The molecule has 3 rings (SSSR count). The Labute approximate surface area is 111 Å². The van der Waals surface area contributed by atoms with Gasteiger partial charge in [0.15, 0.2) is 5.03 Å². The second kappa shape index (κ2) is 4.56. The number of nitrogens with zero attached hydrogens (tertiary/aromatic N) is 1. The first-order valence-electron chi connectivity index (χ1n) is 6.18. The van der Waals surface area contributed by atoms with Gasteiger partial charge in [-0.2, -0.15) is 0 Å². The van der Waals surface area contributed by atoms with Gasteiger partial charge in [0.05, 0.1) is 5.52 Å². The quantitative estimate of drug-likeness (QED) is 0.876. The maximum absolute atomic E-state index is 12.2. The summed E-state index contributed by atoms with van der Waals surface area (Å²) in [5.74, 6) is 0. The second-order valence-electron chi connectivity index (χ2n) is 4.89. The molecule has 2 aromatic rings. The molecule has 19 heavy (non-hydrogen) atoms. The number of hydrogen-bond donors (Lipinski definition) is 2. The van der Waals surface area contributed by atoms with Gasteiger partial charge in [0.25, 0.3) is 10.0 Å². The Morgan fingerprint density at radius 3 is 2.63 bits per heavy atom. The lowest BCUT2D eigenvalue weighted by molar-refractivity contribution is 0.327. The second-order valence-corrected chi connectivity index (χ2v) is 6.55. The average Bonchev–Trinajstić information content (AvgIpc) is 2.36. The molecule has 0 bridgehead atoms. The predicted octanol–water partition coefficient (Wildman–Crippen LogP) is 1.00. The zero-order valence-corrected chi connectivity index (χ0v) is 11.1. The van der Waals surface area contributed by atoms with Crippen LogP contribution in [0.5, 0.6) is 0 Å². The van der Waals surface area contributed by atoms with Crippen LogP contribution in [0.3, 0.4) is 0 Å². The first-order chi connectivity index (χ1) is 9.04. The summed E-state index contributed by atoms with van der Waals surface area (Å²) < 4.78 is 27.0. The van der Waals surface area contributed by atoms with Gasteiger partial charge in [0, 0.05) is 17.5 Å². The van der Waals surface area contributed by atoms with E-state index >= 15 is 0 Å². The summed E-state index contributed by atoms with van der Waals surface area (Å²) in [5, 5.41) is 0.985. The van der Waals surface area contributed by atoms with E-state index < -0.39 is 10.0 Å². The summed E-state index contributed by atoms with van der Waals surface area (Å²) in [7, 11) is -3.55. The van der Waals surface area contributed by atoms with E-state index in [9.17, 15) is 8.42 Å². The number of fused-ring (bicyclic) bond motifs is 1. The molecule has 0 aliphatic heterocycles. The molecular formula is C13H15N3O2S. The van der Waals surface area contributed by atoms with Crippen LogP contribution in [0.15, 0.2) is 41.4 Å². The maximum Gasteiger partial charge on any atom is 0.258 e. The normalized spacial score (nSPS) is 23.2. The lowest BCUT2D eigenvalue weighted by Crippen LogP contribution is -2.50. The van der Waals surface area contributed by atoms with Crippen molar-refractivity contribution in [2.24, 2.45) is 5.73 Å². The Kier molecular flexibility index (Phi) is 3.00. The fourth-order valence-electron chi connectivity index (χ4n) is 2.23. The Bertz CT molecular complexity index is 709. The molecule has 0 saturated heterocycles. The Balaban J connectivity index is 1.90. The summed E-state index contributed by atoms with van der Waals surface area (Å²) in [5.41, 5.74) is 6.33. The van der Waals surface area contributed by atoms with Crippen LogP contribution >= 0.6 is 0 Å². The lowest BCUT2D eigenvalue weighted by Gasteiger charge is -2.32. The van der Waals surface area contributed by atoms with Gasteiger partial charge in [-0.15, -0.1) is 0 Å². The van der Waals surface area contributed by atoms with Crippen LogP contribution in [-0.2, 0) is 10.0 Å². The van der Waals surface area contributed by atoms with E-state index in [0.29, 0.717) is 18.4 Å². The summed E-state index contributed by atoms with van der Waals surface area (Å²) in [4.78, 5) is 4.20. The Morgan fingerprint density at radius 2 is 1.89 bits per heavy atom.